The van der Waals surface area contributed by atoms with Gasteiger partial charge in [0.25, 0.3) is 0 Å². The van der Waals surface area contributed by atoms with Crippen molar-refractivity contribution in [2.24, 2.45) is 23.0 Å². The molecule has 0 saturated heterocycles. The fraction of sp³-hybridized carbons (Fsp3) is 0.621. The zero-order chi connectivity index (χ0) is 27.6. The predicted octanol–water partition coefficient (Wildman–Crippen LogP) is 2.93. The third-order valence-electron chi connectivity index (χ3n) is 7.03. The van der Waals surface area contributed by atoms with Gasteiger partial charge >= 0.3 is 0 Å². The second-order valence-electron chi connectivity index (χ2n) is 11.1. The van der Waals surface area contributed by atoms with Gasteiger partial charge < -0.3 is 26.4 Å². The molecule has 0 bridgehead atoms. The SMILES string of the molecule is C=CCNC(=O)C1Cc2ccccc2N(C(=O)CC(C)(C)C[C@H](N)[C@@H](O)C[C@@H](C)C(=O)NCCCC)C1. The Kier molecular flexibility index (Phi) is 11.8. The van der Waals surface area contributed by atoms with Crippen molar-refractivity contribution in [3.05, 3.63) is 42.5 Å². The molecule has 5 N–H and O–H groups in total. The number of nitrogens with two attached hydrogens (primary N) is 1. The number of rotatable bonds is 14. The average molecular weight is 515 g/mol. The minimum absolute atomic E-state index is 0.0791. The molecule has 0 aliphatic carbocycles. The van der Waals surface area contributed by atoms with Crippen LogP contribution in [0, 0.1) is 17.3 Å². The summed E-state index contributed by atoms with van der Waals surface area (Å²) in [6, 6.07) is 7.12. The summed E-state index contributed by atoms with van der Waals surface area (Å²) in [6.45, 7) is 12.8. The number of nitrogens with zero attached hydrogens (tertiary/aromatic N) is 1. The summed E-state index contributed by atoms with van der Waals surface area (Å²) in [5.41, 5.74) is 7.66. The highest BCUT2D eigenvalue weighted by atomic mass is 16.3. The van der Waals surface area contributed by atoms with Gasteiger partial charge in [0.05, 0.1) is 12.0 Å². The monoisotopic (exact) mass is 514 g/mol. The molecule has 0 fully saturated rings. The van der Waals surface area contributed by atoms with Crippen molar-refractivity contribution in [2.45, 2.75) is 78.4 Å². The number of anilines is 1. The fourth-order valence-electron chi connectivity index (χ4n) is 4.88. The van der Waals surface area contributed by atoms with Gasteiger partial charge in [0.15, 0.2) is 0 Å². The van der Waals surface area contributed by atoms with E-state index in [1.54, 1.807) is 17.9 Å². The number of aliphatic hydroxyl groups is 1. The zero-order valence-electron chi connectivity index (χ0n) is 23.0. The Morgan fingerprint density at radius 3 is 2.65 bits per heavy atom. The number of para-hydroxylation sites is 1. The largest absolute Gasteiger partial charge is 0.391 e. The molecule has 8 nitrogen and oxygen atoms in total. The Hall–Kier alpha value is -2.71. The minimum atomic E-state index is -0.852. The topological polar surface area (TPSA) is 125 Å². The fourth-order valence-corrected chi connectivity index (χ4v) is 4.88. The predicted molar refractivity (Wildman–Crippen MR) is 148 cm³/mol. The van der Waals surface area contributed by atoms with Crippen LogP contribution in [0.4, 0.5) is 5.69 Å². The molecule has 1 aliphatic heterocycles. The minimum Gasteiger partial charge on any atom is -0.391 e. The van der Waals surface area contributed by atoms with Crippen molar-refractivity contribution >= 4 is 23.4 Å². The van der Waals surface area contributed by atoms with E-state index in [1.807, 2.05) is 38.1 Å². The standard InChI is InChI=1S/C29H46N4O4/c1-6-8-14-32-27(36)20(3)15-25(34)23(30)17-29(4,5)18-26(35)33-19-22(28(37)31-13-7-2)16-21-11-9-10-12-24(21)33/h7,9-12,20,22-23,25,34H,2,6,8,13-19,30H2,1,3-5H3,(H,31,37)(H,32,36)/t20-,22?,23+,25+/m1/s1. The molecule has 1 aromatic rings. The van der Waals surface area contributed by atoms with Crippen molar-refractivity contribution in [2.75, 3.05) is 24.5 Å². The van der Waals surface area contributed by atoms with Gasteiger partial charge in [0.2, 0.25) is 17.7 Å². The number of hydrogen-bond acceptors (Lipinski definition) is 5. The van der Waals surface area contributed by atoms with Crippen LogP contribution in [0.1, 0.15) is 65.4 Å². The molecule has 8 heteroatoms. The first-order valence-corrected chi connectivity index (χ1v) is 13.5. The molecule has 206 valence electrons. The number of aliphatic hydroxyl groups excluding tert-OH is 1. The quantitative estimate of drug-likeness (QED) is 0.224. The Labute approximate surface area is 222 Å². The Bertz CT molecular complexity index is 932. The lowest BCUT2D eigenvalue weighted by Gasteiger charge is -2.37. The summed E-state index contributed by atoms with van der Waals surface area (Å²) in [4.78, 5) is 40.2. The highest BCUT2D eigenvalue weighted by Crippen LogP contribution is 2.34. The van der Waals surface area contributed by atoms with Gasteiger partial charge in [-0.05, 0) is 42.7 Å². The molecule has 0 spiro atoms. The van der Waals surface area contributed by atoms with Gasteiger partial charge in [-0.2, -0.15) is 0 Å². The first-order valence-electron chi connectivity index (χ1n) is 13.5. The molecule has 1 unspecified atom stereocenters. The molecule has 1 aromatic carbocycles. The van der Waals surface area contributed by atoms with E-state index >= 15 is 0 Å². The molecule has 2 rings (SSSR count). The van der Waals surface area contributed by atoms with E-state index in [-0.39, 0.29) is 42.4 Å². The Morgan fingerprint density at radius 1 is 1.27 bits per heavy atom. The first-order chi connectivity index (χ1) is 17.5. The van der Waals surface area contributed by atoms with E-state index in [9.17, 15) is 19.5 Å². The van der Waals surface area contributed by atoms with Crippen LogP contribution in [0.5, 0.6) is 0 Å². The van der Waals surface area contributed by atoms with Crippen LogP contribution in [0.2, 0.25) is 0 Å². The van der Waals surface area contributed by atoms with Crippen molar-refractivity contribution in [1.29, 1.82) is 0 Å². The number of hydrogen-bond donors (Lipinski definition) is 4. The molecule has 4 atom stereocenters. The number of unbranched alkanes of at least 4 members (excludes halogenated alkanes) is 1. The van der Waals surface area contributed by atoms with E-state index in [0.29, 0.717) is 32.5 Å². The number of nitrogens with one attached hydrogen (secondary N) is 2. The summed E-state index contributed by atoms with van der Waals surface area (Å²) < 4.78 is 0. The van der Waals surface area contributed by atoms with E-state index < -0.39 is 17.6 Å². The molecule has 1 aliphatic rings. The van der Waals surface area contributed by atoms with Crippen LogP contribution in [0.3, 0.4) is 0 Å². The van der Waals surface area contributed by atoms with E-state index in [1.165, 1.54) is 0 Å². The van der Waals surface area contributed by atoms with Crippen molar-refractivity contribution in [3.8, 4) is 0 Å². The highest BCUT2D eigenvalue weighted by molar-refractivity contribution is 5.96. The first kappa shape index (κ1) is 30.5. The smallest absolute Gasteiger partial charge is 0.227 e. The van der Waals surface area contributed by atoms with Crippen molar-refractivity contribution < 1.29 is 19.5 Å². The van der Waals surface area contributed by atoms with Gasteiger partial charge in [-0.1, -0.05) is 58.4 Å². The maximum atomic E-state index is 13.5. The number of amides is 3. The van der Waals surface area contributed by atoms with E-state index in [4.69, 9.17) is 5.73 Å². The summed E-state index contributed by atoms with van der Waals surface area (Å²) in [7, 11) is 0. The van der Waals surface area contributed by atoms with Crippen LogP contribution in [-0.4, -0.2) is 54.6 Å². The van der Waals surface area contributed by atoms with Crippen LogP contribution in [0.25, 0.3) is 0 Å². The number of benzene rings is 1. The number of carbonyl (C=O) groups excluding carboxylic acids is 3. The number of fused-ring (bicyclic) bond motifs is 1. The highest BCUT2D eigenvalue weighted by Gasteiger charge is 2.35. The zero-order valence-corrected chi connectivity index (χ0v) is 23.0. The molecular formula is C29H46N4O4. The molecule has 1 heterocycles. The average Bonchev–Trinajstić information content (AvgIpc) is 2.85. The summed E-state index contributed by atoms with van der Waals surface area (Å²) in [6.07, 6.45) is 4.19. The molecule has 3 amide bonds. The lowest BCUT2D eigenvalue weighted by Crippen LogP contribution is -2.47. The van der Waals surface area contributed by atoms with Crippen LogP contribution in [-0.2, 0) is 20.8 Å². The molecule has 37 heavy (non-hydrogen) atoms. The lowest BCUT2D eigenvalue weighted by atomic mass is 9.79. The third-order valence-corrected chi connectivity index (χ3v) is 7.03. The summed E-state index contributed by atoms with van der Waals surface area (Å²) >= 11 is 0. The van der Waals surface area contributed by atoms with Crippen molar-refractivity contribution in [3.63, 3.8) is 0 Å². The Balaban J connectivity index is 2.01. The molecular weight excluding hydrogens is 468 g/mol. The second kappa shape index (κ2) is 14.3. The van der Waals surface area contributed by atoms with Crippen LogP contribution >= 0.6 is 0 Å². The second-order valence-corrected chi connectivity index (χ2v) is 11.1. The third kappa shape index (κ3) is 9.27. The molecule has 0 saturated carbocycles. The van der Waals surface area contributed by atoms with E-state index in [2.05, 4.69) is 24.1 Å². The maximum Gasteiger partial charge on any atom is 0.227 e. The van der Waals surface area contributed by atoms with Gasteiger partial charge in [0.1, 0.15) is 0 Å². The van der Waals surface area contributed by atoms with Gasteiger partial charge in [-0.15, -0.1) is 6.58 Å². The normalized spacial score (nSPS) is 17.8. The van der Waals surface area contributed by atoms with Crippen molar-refractivity contribution in [1.82, 2.24) is 10.6 Å². The summed E-state index contributed by atoms with van der Waals surface area (Å²) in [5, 5.41) is 16.4. The molecule has 0 radical (unpaired) electrons. The van der Waals surface area contributed by atoms with Crippen LogP contribution < -0.4 is 21.3 Å². The molecule has 0 aromatic heterocycles. The Morgan fingerprint density at radius 2 is 1.97 bits per heavy atom. The van der Waals surface area contributed by atoms with E-state index in [0.717, 1.165) is 24.1 Å². The van der Waals surface area contributed by atoms with Gasteiger partial charge in [0, 0.05) is 43.7 Å². The van der Waals surface area contributed by atoms with Crippen LogP contribution in [0.15, 0.2) is 36.9 Å². The summed E-state index contributed by atoms with van der Waals surface area (Å²) in [5.74, 6) is -0.939. The lowest BCUT2D eigenvalue weighted by molar-refractivity contribution is -0.126. The van der Waals surface area contributed by atoms with Gasteiger partial charge in [-0.25, -0.2) is 0 Å². The van der Waals surface area contributed by atoms with Gasteiger partial charge in [-0.3, -0.25) is 14.4 Å². The maximum absolute atomic E-state index is 13.5. The number of carbonyl (C=O) groups is 3.